The van der Waals surface area contributed by atoms with Crippen LogP contribution in [0.1, 0.15) is 56.3 Å². The van der Waals surface area contributed by atoms with Crippen molar-refractivity contribution < 1.29 is 9.66 Å². The summed E-state index contributed by atoms with van der Waals surface area (Å²) in [7, 11) is 0. The Labute approximate surface area is 179 Å². The first-order valence-electron chi connectivity index (χ1n) is 10.6. The summed E-state index contributed by atoms with van der Waals surface area (Å²) in [4.78, 5) is 28.8. The number of hydrogen-bond donors (Lipinski definition) is 0. The average molecular weight is 420 g/mol. The molecule has 31 heavy (non-hydrogen) atoms. The van der Waals surface area contributed by atoms with Crippen molar-refractivity contribution >= 4 is 22.8 Å². The van der Waals surface area contributed by atoms with Gasteiger partial charge in [-0.25, -0.2) is 4.98 Å². The van der Waals surface area contributed by atoms with Crippen LogP contribution in [-0.4, -0.2) is 27.4 Å². The van der Waals surface area contributed by atoms with Gasteiger partial charge < -0.3 is 4.74 Å². The molecule has 1 fully saturated rings. The number of aromatic nitrogens is 2. The second-order valence-corrected chi connectivity index (χ2v) is 7.60. The van der Waals surface area contributed by atoms with E-state index in [1.54, 1.807) is 18.2 Å². The topological polar surface area (TPSA) is 99.6 Å². The molecule has 8 heteroatoms. The summed E-state index contributed by atoms with van der Waals surface area (Å²) in [5.41, 5.74) is 0.780. The molecule has 1 saturated carbocycles. The van der Waals surface area contributed by atoms with E-state index < -0.39 is 4.92 Å². The first-order valence-corrected chi connectivity index (χ1v) is 10.6. The minimum atomic E-state index is -0.468. The lowest BCUT2D eigenvalue weighted by atomic mass is 9.88. The van der Waals surface area contributed by atoms with Gasteiger partial charge in [-0.2, -0.15) is 9.78 Å². The van der Waals surface area contributed by atoms with Crippen molar-refractivity contribution in [3.63, 3.8) is 0 Å². The minimum Gasteiger partial charge on any atom is -0.493 e. The molecule has 1 aliphatic rings. The molecule has 0 bridgehead atoms. The van der Waals surface area contributed by atoms with Crippen LogP contribution >= 0.6 is 0 Å². The standard InChI is InChI=1S/C23H24N4O4/c1-2-31-21-13-12-18(27(29)30)14-17(21)15-24-26-22(16-8-4-3-5-9-16)25-20-11-7-6-10-19(20)23(26)28/h6-7,10-16H,2-5,8-9H2,1H3. The van der Waals surface area contributed by atoms with Crippen molar-refractivity contribution in [1.82, 2.24) is 9.66 Å². The Kier molecular flexibility index (Phi) is 6.06. The quantitative estimate of drug-likeness (QED) is 0.329. The van der Waals surface area contributed by atoms with Crippen LogP contribution in [0, 0.1) is 10.1 Å². The Bertz CT molecular complexity index is 1200. The van der Waals surface area contributed by atoms with E-state index in [0.29, 0.717) is 34.6 Å². The van der Waals surface area contributed by atoms with Gasteiger partial charge >= 0.3 is 0 Å². The van der Waals surface area contributed by atoms with E-state index in [-0.39, 0.29) is 17.2 Å². The van der Waals surface area contributed by atoms with E-state index >= 15 is 0 Å². The van der Waals surface area contributed by atoms with Crippen LogP contribution < -0.4 is 10.3 Å². The second kappa shape index (κ2) is 9.07. The maximum Gasteiger partial charge on any atom is 0.282 e. The Morgan fingerprint density at radius 2 is 2.00 bits per heavy atom. The third kappa shape index (κ3) is 4.33. The minimum absolute atomic E-state index is 0.0682. The highest BCUT2D eigenvalue weighted by Crippen LogP contribution is 2.32. The van der Waals surface area contributed by atoms with Crippen molar-refractivity contribution in [2.45, 2.75) is 44.9 Å². The maximum atomic E-state index is 13.3. The maximum absolute atomic E-state index is 13.3. The van der Waals surface area contributed by atoms with Gasteiger partial charge in [0.2, 0.25) is 0 Å². The lowest BCUT2D eigenvalue weighted by Gasteiger charge is -2.22. The summed E-state index contributed by atoms with van der Waals surface area (Å²) in [6.45, 7) is 2.24. The number of para-hydroxylation sites is 1. The number of nitro benzene ring substituents is 1. The number of rotatable bonds is 6. The normalized spacial score (nSPS) is 14.9. The fraction of sp³-hybridized carbons (Fsp3) is 0.348. The first-order chi connectivity index (χ1) is 15.1. The molecule has 0 aliphatic heterocycles. The van der Waals surface area contributed by atoms with Crippen LogP contribution in [0.15, 0.2) is 52.4 Å². The second-order valence-electron chi connectivity index (χ2n) is 7.60. The molecular formula is C23H24N4O4. The van der Waals surface area contributed by atoms with Crippen LogP contribution in [0.5, 0.6) is 5.75 Å². The van der Waals surface area contributed by atoms with Gasteiger partial charge in [0.25, 0.3) is 11.2 Å². The van der Waals surface area contributed by atoms with Crippen LogP contribution in [-0.2, 0) is 0 Å². The smallest absolute Gasteiger partial charge is 0.282 e. The van der Waals surface area contributed by atoms with Crippen molar-refractivity contribution in [1.29, 1.82) is 0 Å². The molecule has 3 aromatic rings. The number of fused-ring (bicyclic) bond motifs is 1. The molecule has 0 N–H and O–H groups in total. The molecule has 8 nitrogen and oxygen atoms in total. The average Bonchev–Trinajstić information content (AvgIpc) is 2.80. The SMILES string of the molecule is CCOc1ccc([N+](=O)[O-])cc1C=Nn1c(C2CCCCC2)nc2ccccc2c1=O. The molecule has 0 saturated heterocycles. The summed E-state index contributed by atoms with van der Waals surface area (Å²) in [6.07, 6.45) is 6.74. The zero-order chi connectivity index (χ0) is 21.8. The van der Waals surface area contributed by atoms with Gasteiger partial charge in [0.1, 0.15) is 11.6 Å². The van der Waals surface area contributed by atoms with E-state index in [1.165, 1.54) is 29.4 Å². The largest absolute Gasteiger partial charge is 0.493 e. The van der Waals surface area contributed by atoms with Crippen molar-refractivity contribution in [3.8, 4) is 5.75 Å². The van der Waals surface area contributed by atoms with E-state index in [4.69, 9.17) is 9.72 Å². The first kappa shape index (κ1) is 20.7. The molecule has 1 aromatic heterocycles. The third-order valence-corrected chi connectivity index (χ3v) is 5.57. The van der Waals surface area contributed by atoms with Crippen LogP contribution in [0.4, 0.5) is 5.69 Å². The number of benzene rings is 2. The van der Waals surface area contributed by atoms with Crippen molar-refractivity contribution in [2.24, 2.45) is 5.10 Å². The molecule has 2 aromatic carbocycles. The number of nitrogens with zero attached hydrogens (tertiary/aromatic N) is 4. The lowest BCUT2D eigenvalue weighted by molar-refractivity contribution is -0.384. The summed E-state index contributed by atoms with van der Waals surface area (Å²) >= 11 is 0. The summed E-state index contributed by atoms with van der Waals surface area (Å²) in [6, 6.07) is 11.6. The van der Waals surface area contributed by atoms with Crippen molar-refractivity contribution in [2.75, 3.05) is 6.61 Å². The third-order valence-electron chi connectivity index (χ3n) is 5.57. The lowest BCUT2D eigenvalue weighted by Crippen LogP contribution is -2.25. The van der Waals surface area contributed by atoms with Gasteiger partial charge in [-0.3, -0.25) is 14.9 Å². The molecule has 4 rings (SSSR count). The van der Waals surface area contributed by atoms with Crippen molar-refractivity contribution in [3.05, 3.63) is 74.3 Å². The molecule has 0 spiro atoms. The Morgan fingerprint density at radius 1 is 1.23 bits per heavy atom. The molecule has 0 radical (unpaired) electrons. The van der Waals surface area contributed by atoms with Crippen LogP contribution in [0.2, 0.25) is 0 Å². The highest BCUT2D eigenvalue weighted by atomic mass is 16.6. The number of non-ortho nitro benzene ring substituents is 1. The number of hydrogen-bond acceptors (Lipinski definition) is 6. The van der Waals surface area contributed by atoms with Gasteiger partial charge in [-0.1, -0.05) is 31.4 Å². The van der Waals surface area contributed by atoms with E-state index in [0.717, 1.165) is 25.7 Å². The van der Waals surface area contributed by atoms with E-state index in [1.807, 2.05) is 19.1 Å². The number of nitro groups is 1. The predicted octanol–water partition coefficient (Wildman–Crippen LogP) is 4.63. The monoisotopic (exact) mass is 420 g/mol. The zero-order valence-corrected chi connectivity index (χ0v) is 17.4. The van der Waals surface area contributed by atoms with Gasteiger partial charge in [-0.05, 0) is 38.0 Å². The molecule has 0 amide bonds. The highest BCUT2D eigenvalue weighted by molar-refractivity contribution is 5.85. The fourth-order valence-corrected chi connectivity index (χ4v) is 4.03. The van der Waals surface area contributed by atoms with Gasteiger partial charge in [-0.15, -0.1) is 0 Å². The van der Waals surface area contributed by atoms with E-state index in [9.17, 15) is 14.9 Å². The zero-order valence-electron chi connectivity index (χ0n) is 17.4. The summed E-state index contributed by atoms with van der Waals surface area (Å²) in [5.74, 6) is 1.26. The molecular weight excluding hydrogens is 396 g/mol. The Hall–Kier alpha value is -3.55. The van der Waals surface area contributed by atoms with Crippen LogP contribution in [0.25, 0.3) is 10.9 Å². The molecule has 0 atom stereocenters. The van der Waals surface area contributed by atoms with Gasteiger partial charge in [0.15, 0.2) is 0 Å². The van der Waals surface area contributed by atoms with Gasteiger partial charge in [0, 0.05) is 23.6 Å². The molecule has 0 unspecified atom stereocenters. The molecule has 160 valence electrons. The van der Waals surface area contributed by atoms with Crippen LogP contribution in [0.3, 0.4) is 0 Å². The summed E-state index contributed by atoms with van der Waals surface area (Å²) < 4.78 is 6.94. The van der Waals surface area contributed by atoms with Gasteiger partial charge in [0.05, 0.1) is 28.6 Å². The Morgan fingerprint density at radius 3 is 2.74 bits per heavy atom. The predicted molar refractivity (Wildman–Crippen MR) is 119 cm³/mol. The molecule has 1 heterocycles. The fourth-order valence-electron chi connectivity index (χ4n) is 4.03. The highest BCUT2D eigenvalue weighted by Gasteiger charge is 2.22. The number of ether oxygens (including phenoxy) is 1. The Balaban J connectivity index is 1.85. The van der Waals surface area contributed by atoms with E-state index in [2.05, 4.69) is 5.10 Å². The molecule has 1 aliphatic carbocycles. The summed E-state index contributed by atoms with van der Waals surface area (Å²) in [5, 5.41) is 16.2.